The number of nitrogens with one attached hydrogen (secondary N) is 2. The number of nitrogens with zero attached hydrogens (tertiary/aromatic N) is 3. The molecule has 2 aromatic heterocycles. The Labute approximate surface area is 180 Å². The van der Waals surface area contributed by atoms with E-state index in [2.05, 4.69) is 25.8 Å². The lowest BCUT2D eigenvalue weighted by Crippen LogP contribution is -2.13. The maximum atomic E-state index is 12.3. The van der Waals surface area contributed by atoms with Gasteiger partial charge >= 0.3 is 0 Å². The molecule has 1 fully saturated rings. The van der Waals surface area contributed by atoms with Crippen molar-refractivity contribution in [2.24, 2.45) is 0 Å². The first-order chi connectivity index (χ1) is 14.1. The lowest BCUT2D eigenvalue weighted by Gasteiger charge is -2.08. The van der Waals surface area contributed by atoms with E-state index in [0.29, 0.717) is 28.4 Å². The van der Waals surface area contributed by atoms with Gasteiger partial charge in [0.25, 0.3) is 0 Å². The quantitative estimate of drug-likeness (QED) is 0.473. The monoisotopic (exact) mass is 449 g/mol. The van der Waals surface area contributed by atoms with E-state index < -0.39 is 0 Å². The summed E-state index contributed by atoms with van der Waals surface area (Å²) in [4.78, 5) is 16.8. The third-order valence-electron chi connectivity index (χ3n) is 4.07. The predicted octanol–water partition coefficient (Wildman–Crippen LogP) is 3.98. The molecule has 29 heavy (non-hydrogen) atoms. The first-order valence-electron chi connectivity index (χ1n) is 8.85. The molecule has 152 valence electrons. The molecule has 1 aromatic carbocycles. The van der Waals surface area contributed by atoms with Crippen molar-refractivity contribution in [1.29, 1.82) is 0 Å². The van der Waals surface area contributed by atoms with Crippen LogP contribution in [-0.4, -0.2) is 47.1 Å². The van der Waals surface area contributed by atoms with Crippen molar-refractivity contribution >= 4 is 50.6 Å². The van der Waals surface area contributed by atoms with Crippen molar-refractivity contribution in [2.75, 3.05) is 30.6 Å². The normalized spacial score (nSPS) is 13.2. The molecule has 1 amide bonds. The molecule has 8 nitrogen and oxygen atoms in total. The molecule has 3 aromatic rings. The van der Waals surface area contributed by atoms with Crippen LogP contribution in [0.4, 0.5) is 10.3 Å². The summed E-state index contributed by atoms with van der Waals surface area (Å²) < 4.78 is 11.5. The second-order valence-electron chi connectivity index (χ2n) is 6.23. The van der Waals surface area contributed by atoms with Crippen molar-refractivity contribution in [3.05, 3.63) is 23.6 Å². The van der Waals surface area contributed by atoms with E-state index in [0.717, 1.165) is 15.0 Å². The number of ether oxygens (including phenoxy) is 2. The SMILES string of the molecule is COc1ccc(OC)c(-c2csc(NC(=O)CSc3nnc(NC4CC4)s3)n2)c1. The van der Waals surface area contributed by atoms with Crippen LogP contribution in [0.2, 0.25) is 0 Å². The minimum Gasteiger partial charge on any atom is -0.497 e. The molecule has 1 saturated carbocycles. The van der Waals surface area contributed by atoms with Crippen LogP contribution < -0.4 is 20.1 Å². The Morgan fingerprint density at radius 1 is 1.24 bits per heavy atom. The fraction of sp³-hybridized carbons (Fsp3) is 0.333. The number of amides is 1. The van der Waals surface area contributed by atoms with Crippen LogP contribution in [0.25, 0.3) is 11.3 Å². The molecule has 0 bridgehead atoms. The van der Waals surface area contributed by atoms with Crippen LogP contribution in [0.1, 0.15) is 12.8 Å². The fourth-order valence-electron chi connectivity index (χ4n) is 2.48. The smallest absolute Gasteiger partial charge is 0.236 e. The summed E-state index contributed by atoms with van der Waals surface area (Å²) in [5, 5.41) is 17.6. The Kier molecular flexibility index (Phi) is 6.16. The van der Waals surface area contributed by atoms with Crippen molar-refractivity contribution in [3.8, 4) is 22.8 Å². The minimum absolute atomic E-state index is 0.139. The molecular formula is C18H19N5O3S3. The molecule has 2 N–H and O–H groups in total. The number of thiazole rings is 1. The van der Waals surface area contributed by atoms with E-state index in [4.69, 9.17) is 9.47 Å². The van der Waals surface area contributed by atoms with Crippen LogP contribution in [-0.2, 0) is 4.79 Å². The third kappa shape index (κ3) is 5.17. The number of hydrogen-bond acceptors (Lipinski definition) is 10. The van der Waals surface area contributed by atoms with E-state index in [-0.39, 0.29) is 11.7 Å². The van der Waals surface area contributed by atoms with Crippen molar-refractivity contribution in [2.45, 2.75) is 23.2 Å². The summed E-state index contributed by atoms with van der Waals surface area (Å²) in [5.74, 6) is 1.51. The summed E-state index contributed by atoms with van der Waals surface area (Å²) in [6.07, 6.45) is 2.36. The summed E-state index contributed by atoms with van der Waals surface area (Å²) in [6, 6.07) is 6.05. The standard InChI is InChI=1S/C18H19N5O3S3/c1-25-11-5-6-14(26-2)12(7-11)13-8-27-16(20-13)21-15(24)9-28-18-23-22-17(29-18)19-10-3-4-10/h5-8,10H,3-4,9H2,1-2H3,(H,19,22)(H,20,21,24). The first-order valence-corrected chi connectivity index (χ1v) is 11.5. The first kappa shape index (κ1) is 19.9. The van der Waals surface area contributed by atoms with E-state index in [1.807, 2.05) is 23.6 Å². The lowest BCUT2D eigenvalue weighted by molar-refractivity contribution is -0.113. The number of rotatable bonds is 9. The van der Waals surface area contributed by atoms with Gasteiger partial charge in [0, 0.05) is 17.0 Å². The maximum absolute atomic E-state index is 12.3. The molecule has 0 saturated heterocycles. The molecule has 1 aliphatic rings. The average molecular weight is 450 g/mol. The van der Waals surface area contributed by atoms with Gasteiger partial charge in [-0.2, -0.15) is 0 Å². The number of anilines is 2. The topological polar surface area (TPSA) is 98.3 Å². The maximum Gasteiger partial charge on any atom is 0.236 e. The molecule has 0 atom stereocenters. The highest BCUT2D eigenvalue weighted by Gasteiger charge is 2.22. The second-order valence-corrected chi connectivity index (χ2v) is 9.29. The summed E-state index contributed by atoms with van der Waals surface area (Å²) in [7, 11) is 3.22. The molecule has 11 heteroatoms. The molecule has 0 unspecified atom stereocenters. The molecule has 1 aliphatic carbocycles. The van der Waals surface area contributed by atoms with E-state index in [1.165, 1.54) is 47.3 Å². The number of carbonyl (C=O) groups is 1. The Morgan fingerprint density at radius 3 is 2.86 bits per heavy atom. The Balaban J connectivity index is 1.35. The van der Waals surface area contributed by atoms with Crippen molar-refractivity contribution in [3.63, 3.8) is 0 Å². The highest BCUT2D eigenvalue weighted by Crippen LogP contribution is 2.35. The van der Waals surface area contributed by atoms with E-state index >= 15 is 0 Å². The van der Waals surface area contributed by atoms with E-state index in [1.54, 1.807) is 14.2 Å². The second kappa shape index (κ2) is 8.97. The summed E-state index contributed by atoms with van der Waals surface area (Å²) in [5.41, 5.74) is 1.52. The zero-order valence-corrected chi connectivity index (χ0v) is 18.2. The number of methoxy groups -OCH3 is 2. The van der Waals surface area contributed by atoms with E-state index in [9.17, 15) is 4.79 Å². The van der Waals surface area contributed by atoms with Gasteiger partial charge in [0.2, 0.25) is 11.0 Å². The zero-order valence-electron chi connectivity index (χ0n) is 15.8. The largest absolute Gasteiger partial charge is 0.497 e. The molecule has 0 spiro atoms. The number of carbonyl (C=O) groups excluding carboxylic acids is 1. The summed E-state index contributed by atoms with van der Waals surface area (Å²) >= 11 is 4.19. The van der Waals surface area contributed by atoms with Crippen LogP contribution in [0.5, 0.6) is 11.5 Å². The van der Waals surface area contributed by atoms with Gasteiger partial charge in [0.15, 0.2) is 9.47 Å². The molecular weight excluding hydrogens is 430 g/mol. The van der Waals surface area contributed by atoms with Gasteiger partial charge in [-0.1, -0.05) is 23.1 Å². The molecule has 0 radical (unpaired) electrons. The molecule has 0 aliphatic heterocycles. The van der Waals surface area contributed by atoms with Gasteiger partial charge in [-0.15, -0.1) is 21.5 Å². The number of benzene rings is 1. The number of thioether (sulfide) groups is 1. The number of hydrogen-bond donors (Lipinski definition) is 2. The van der Waals surface area contributed by atoms with Crippen LogP contribution in [0, 0.1) is 0 Å². The molecule has 4 rings (SSSR count). The Hall–Kier alpha value is -2.37. The zero-order chi connectivity index (χ0) is 20.2. The highest BCUT2D eigenvalue weighted by atomic mass is 32.2. The third-order valence-corrected chi connectivity index (χ3v) is 6.82. The Morgan fingerprint density at radius 2 is 2.10 bits per heavy atom. The predicted molar refractivity (Wildman–Crippen MR) is 117 cm³/mol. The van der Waals surface area contributed by atoms with Crippen LogP contribution in [0.3, 0.4) is 0 Å². The van der Waals surface area contributed by atoms with Gasteiger partial charge < -0.3 is 20.1 Å². The lowest BCUT2D eigenvalue weighted by atomic mass is 10.1. The van der Waals surface area contributed by atoms with Crippen LogP contribution >= 0.6 is 34.4 Å². The van der Waals surface area contributed by atoms with Gasteiger partial charge in [-0.25, -0.2) is 4.98 Å². The van der Waals surface area contributed by atoms with Crippen molar-refractivity contribution in [1.82, 2.24) is 15.2 Å². The molecule has 2 heterocycles. The van der Waals surface area contributed by atoms with Gasteiger partial charge in [-0.05, 0) is 31.0 Å². The van der Waals surface area contributed by atoms with Crippen molar-refractivity contribution < 1.29 is 14.3 Å². The fourth-order valence-corrected chi connectivity index (χ4v) is 4.84. The van der Waals surface area contributed by atoms with Gasteiger partial charge in [0.1, 0.15) is 11.5 Å². The minimum atomic E-state index is -0.139. The Bertz CT molecular complexity index is 1000. The highest BCUT2D eigenvalue weighted by molar-refractivity contribution is 8.01. The average Bonchev–Trinajstić information content (AvgIpc) is 3.23. The van der Waals surface area contributed by atoms with Crippen LogP contribution in [0.15, 0.2) is 27.9 Å². The number of aromatic nitrogens is 3. The van der Waals surface area contributed by atoms with Gasteiger partial charge in [-0.3, -0.25) is 4.79 Å². The van der Waals surface area contributed by atoms with Gasteiger partial charge in [0.05, 0.1) is 25.7 Å². The summed E-state index contributed by atoms with van der Waals surface area (Å²) in [6.45, 7) is 0.